The van der Waals surface area contributed by atoms with Crippen LogP contribution in [0.2, 0.25) is 0 Å². The zero-order valence-corrected chi connectivity index (χ0v) is 7.50. The quantitative estimate of drug-likeness (QED) is 0.345. The minimum atomic E-state index is 0. The van der Waals surface area contributed by atoms with E-state index in [0.29, 0.717) is 0 Å². The molecular weight excluding hydrogens is 140 g/mol. The smallest absolute Gasteiger partial charge is 0 e. The Bertz CT molecular complexity index is 0. The first kappa shape index (κ1) is 134. The van der Waals surface area contributed by atoms with Crippen LogP contribution in [0.1, 0.15) is 0 Å². The van der Waals surface area contributed by atoms with Gasteiger partial charge in [-0.2, -0.15) is 0 Å². The Morgan fingerprint density at radius 1 is 0.200 bits per heavy atom. The van der Waals surface area contributed by atoms with Gasteiger partial charge in [0.15, 0.2) is 0 Å². The molecule has 0 aromatic carbocycles. The van der Waals surface area contributed by atoms with E-state index in [9.17, 15) is 0 Å². The van der Waals surface area contributed by atoms with Crippen molar-refractivity contribution in [2.75, 3.05) is 0 Å². The molecule has 0 atom stereocenters. The van der Waals surface area contributed by atoms with Crippen molar-refractivity contribution in [3.63, 3.8) is 0 Å². The first-order valence-corrected chi connectivity index (χ1v) is 0. The molecule has 0 saturated carbocycles. The summed E-state index contributed by atoms with van der Waals surface area (Å²) in [6.07, 6.45) is 0. The summed E-state index contributed by atoms with van der Waals surface area (Å²) in [5.41, 5.74) is 0. The first-order chi connectivity index (χ1) is 0. The van der Waals surface area contributed by atoms with E-state index < -0.39 is 0 Å². The molecule has 0 spiro atoms. The maximum Gasteiger partial charge on any atom is 0 e. The van der Waals surface area contributed by atoms with Crippen molar-refractivity contribution in [3.8, 4) is 0 Å². The Hall–Kier alpha value is 1.08. The molecule has 0 aliphatic rings. The molecule has 0 nitrogen and oxygen atoms in total. The molecule has 0 fully saturated rings. The van der Waals surface area contributed by atoms with Crippen LogP contribution in [0.5, 0.6) is 0 Å². The summed E-state index contributed by atoms with van der Waals surface area (Å²) in [4.78, 5) is 0. The van der Waals surface area contributed by atoms with Crippen molar-refractivity contribution in [2.45, 2.75) is 0 Å². The molecule has 0 aliphatic carbocycles. The minimum absolute atomic E-state index is 0. The molecule has 0 N–H and O–H groups in total. The van der Waals surface area contributed by atoms with Crippen molar-refractivity contribution in [1.29, 1.82) is 0 Å². The van der Waals surface area contributed by atoms with Crippen molar-refractivity contribution in [1.82, 2.24) is 0 Å². The van der Waals surface area contributed by atoms with Crippen LogP contribution in [-0.2, 0) is 0 Å². The van der Waals surface area contributed by atoms with E-state index >= 15 is 0 Å². The molecule has 20 valence electrons. The predicted octanol–water partition coefficient (Wildman–Crippen LogP) is -1.90. The van der Waals surface area contributed by atoms with E-state index in [1.807, 2.05) is 0 Å². The molecule has 0 unspecified atom stereocenters. The third kappa shape index (κ3) is 41.1. The highest BCUT2D eigenvalue weighted by molar-refractivity contribution is 5.76. The van der Waals surface area contributed by atoms with Crippen LogP contribution in [0, 0.1) is 0 Å². The topological polar surface area (TPSA) is 0 Å². The van der Waals surface area contributed by atoms with E-state index in [1.54, 1.807) is 0 Å². The summed E-state index contributed by atoms with van der Waals surface area (Å²) in [5.74, 6) is 0. The lowest BCUT2D eigenvalue weighted by molar-refractivity contribution is 5.75. The minimum Gasteiger partial charge on any atom is 0 e. The Morgan fingerprint density at radius 3 is 0.200 bits per heavy atom. The van der Waals surface area contributed by atoms with Gasteiger partial charge in [0.05, 0.1) is 0 Å². The van der Waals surface area contributed by atoms with Crippen LogP contribution in [0.15, 0.2) is 0 Å². The molecule has 0 heterocycles. The summed E-state index contributed by atoms with van der Waals surface area (Å²) >= 11 is 0. The van der Waals surface area contributed by atoms with Gasteiger partial charge >= 0.3 is 0 Å². The molecule has 5 heavy (non-hydrogen) atoms. The molecular formula is Si5. The van der Waals surface area contributed by atoms with Crippen LogP contribution in [0.3, 0.4) is 0 Å². The van der Waals surface area contributed by atoms with Gasteiger partial charge in [0.1, 0.15) is 0 Å². The summed E-state index contributed by atoms with van der Waals surface area (Å²) in [6.45, 7) is 0. The number of rotatable bonds is 0. The third-order valence-electron chi connectivity index (χ3n) is 0. The van der Waals surface area contributed by atoms with Gasteiger partial charge in [-0.3, -0.25) is 0 Å². The molecule has 0 amide bonds. The number of hydrogen-bond donors (Lipinski definition) is 0. The lowest BCUT2D eigenvalue weighted by atomic mass is 28.1. The largest absolute Gasteiger partial charge is 0 e. The molecule has 0 bridgehead atoms. The van der Waals surface area contributed by atoms with Gasteiger partial charge in [-0.15, -0.1) is 0 Å². The Morgan fingerprint density at radius 2 is 0.200 bits per heavy atom. The van der Waals surface area contributed by atoms with Crippen LogP contribution in [0.4, 0.5) is 0 Å². The van der Waals surface area contributed by atoms with E-state index in [2.05, 4.69) is 0 Å². The van der Waals surface area contributed by atoms with Gasteiger partial charge in [-0.25, -0.2) is 0 Å². The molecule has 0 aliphatic heterocycles. The van der Waals surface area contributed by atoms with E-state index in [1.165, 1.54) is 0 Å². The van der Waals surface area contributed by atoms with Crippen LogP contribution in [0.25, 0.3) is 0 Å². The average molecular weight is 140 g/mol. The van der Waals surface area contributed by atoms with Crippen molar-refractivity contribution < 1.29 is 0 Å². The highest BCUT2D eigenvalue weighted by atomic mass is 28.1. The van der Waals surface area contributed by atoms with Crippen LogP contribution < -0.4 is 0 Å². The molecule has 20 radical (unpaired) electrons. The maximum absolute atomic E-state index is 0. The number of hydrogen-bond acceptors (Lipinski definition) is 0. The molecule has 0 rings (SSSR count). The molecule has 0 aromatic rings. The second kappa shape index (κ2) is 72.1. The van der Waals surface area contributed by atoms with Gasteiger partial charge in [-0.1, -0.05) is 0 Å². The SMILES string of the molecule is [Si].[Si].[Si].[Si].[Si]. The first-order valence-electron chi connectivity index (χ1n) is 0. The van der Waals surface area contributed by atoms with E-state index in [4.69, 9.17) is 0 Å². The summed E-state index contributed by atoms with van der Waals surface area (Å²) in [7, 11) is 0. The second-order valence-corrected chi connectivity index (χ2v) is 0. The monoisotopic (exact) mass is 140 g/mol. The Kier molecular flexibility index (Phi) is 1930. The highest BCUT2D eigenvalue weighted by Crippen LogP contribution is -0.377. The summed E-state index contributed by atoms with van der Waals surface area (Å²) < 4.78 is 0. The van der Waals surface area contributed by atoms with Crippen LogP contribution >= 0.6 is 0 Å². The van der Waals surface area contributed by atoms with Crippen molar-refractivity contribution in [3.05, 3.63) is 0 Å². The van der Waals surface area contributed by atoms with Gasteiger partial charge in [0.25, 0.3) is 0 Å². The summed E-state index contributed by atoms with van der Waals surface area (Å²) in [5, 5.41) is 0. The molecule has 5 heteroatoms. The second-order valence-electron chi connectivity index (χ2n) is 0. The average Bonchev–Trinajstić information content (AvgIpc) is 0. The van der Waals surface area contributed by atoms with Gasteiger partial charge in [0.2, 0.25) is 0 Å². The fraction of sp³-hybridized carbons (Fsp3) is 0. The maximum atomic E-state index is 0. The van der Waals surface area contributed by atoms with Crippen molar-refractivity contribution >= 4 is 54.8 Å². The fourth-order valence-electron chi connectivity index (χ4n) is 0. The van der Waals surface area contributed by atoms with Gasteiger partial charge in [0, 0.05) is 54.8 Å². The lowest BCUT2D eigenvalue weighted by Gasteiger charge is -0.00100. The molecule has 0 aromatic heterocycles. The summed E-state index contributed by atoms with van der Waals surface area (Å²) in [6, 6.07) is 0. The highest BCUT2D eigenvalue weighted by Gasteiger charge is 0.00400. The normalized spacial score (nSPS) is 0. The zero-order valence-electron chi connectivity index (χ0n) is 2.50. The third-order valence-corrected chi connectivity index (χ3v) is 0. The Balaban J connectivity index is 0. The molecule has 0 saturated heterocycles. The van der Waals surface area contributed by atoms with Gasteiger partial charge < -0.3 is 0 Å². The lowest BCUT2D eigenvalue weighted by Crippen LogP contribution is -0.382. The fourth-order valence-corrected chi connectivity index (χ4v) is 0. The standard InChI is InChI=1S/5Si. The zero-order chi connectivity index (χ0) is 0. The van der Waals surface area contributed by atoms with E-state index in [0.717, 1.165) is 0 Å². The predicted molar refractivity (Wildman–Crippen MR) is 28.8 cm³/mol. The van der Waals surface area contributed by atoms with Crippen molar-refractivity contribution in [2.24, 2.45) is 0 Å². The van der Waals surface area contributed by atoms with Gasteiger partial charge in [-0.05, 0) is 0 Å². The van der Waals surface area contributed by atoms with E-state index in [-0.39, 0.29) is 54.8 Å². The Labute approximate surface area is 55.2 Å². The van der Waals surface area contributed by atoms with Crippen LogP contribution in [-0.4, -0.2) is 54.8 Å².